The molecule has 4 rings (SSSR count). The molecule has 0 amide bonds. The minimum Gasteiger partial charge on any atom is -0.314 e. The van der Waals surface area contributed by atoms with Gasteiger partial charge >= 0.3 is 0 Å². The van der Waals surface area contributed by atoms with Crippen molar-refractivity contribution in [3.05, 3.63) is 53.7 Å². The minimum atomic E-state index is 0.440. The van der Waals surface area contributed by atoms with Crippen molar-refractivity contribution in [1.29, 1.82) is 0 Å². The van der Waals surface area contributed by atoms with E-state index in [2.05, 4.69) is 42.4 Å². The maximum atomic E-state index is 4.22. The van der Waals surface area contributed by atoms with E-state index >= 15 is 0 Å². The first-order valence-corrected chi connectivity index (χ1v) is 8.01. The van der Waals surface area contributed by atoms with Crippen LogP contribution in [0, 0.1) is 6.92 Å². The second-order valence-electron chi connectivity index (χ2n) is 6.03. The maximum absolute atomic E-state index is 4.22. The number of aromatic nitrogens is 5. The number of hydrogen-bond donors (Lipinski definition) is 2. The molecule has 1 aliphatic heterocycles. The van der Waals surface area contributed by atoms with E-state index in [4.69, 9.17) is 0 Å². The van der Waals surface area contributed by atoms with Gasteiger partial charge in [-0.1, -0.05) is 30.3 Å². The number of aromatic amines is 1. The third-order valence-corrected chi connectivity index (χ3v) is 4.49. The van der Waals surface area contributed by atoms with Crippen LogP contribution in [-0.2, 0) is 19.5 Å². The Morgan fingerprint density at radius 1 is 1.26 bits per heavy atom. The fraction of sp³-hybridized carbons (Fsp3) is 0.353. The van der Waals surface area contributed by atoms with Gasteiger partial charge in [0.05, 0.1) is 11.9 Å². The summed E-state index contributed by atoms with van der Waals surface area (Å²) in [5, 5.41) is 19.4. The van der Waals surface area contributed by atoms with Crippen molar-refractivity contribution in [2.45, 2.75) is 38.9 Å². The lowest BCUT2D eigenvalue weighted by molar-refractivity contribution is 0.375. The second-order valence-corrected chi connectivity index (χ2v) is 6.03. The van der Waals surface area contributed by atoms with Crippen LogP contribution in [-0.4, -0.2) is 31.0 Å². The molecule has 3 aromatic rings. The molecule has 1 atom stereocenters. The third kappa shape index (κ3) is 2.77. The van der Waals surface area contributed by atoms with E-state index in [1.807, 2.05) is 31.3 Å². The summed E-state index contributed by atoms with van der Waals surface area (Å²) in [6.45, 7) is 3.76. The second kappa shape index (κ2) is 5.96. The highest BCUT2D eigenvalue weighted by molar-refractivity contribution is 5.62. The van der Waals surface area contributed by atoms with E-state index in [1.165, 1.54) is 11.1 Å². The molecule has 2 aromatic heterocycles. The van der Waals surface area contributed by atoms with Gasteiger partial charge in [0.25, 0.3) is 0 Å². The third-order valence-electron chi connectivity index (χ3n) is 4.49. The molecule has 118 valence electrons. The predicted molar refractivity (Wildman–Crippen MR) is 87.7 cm³/mol. The summed E-state index contributed by atoms with van der Waals surface area (Å²) in [5.41, 5.74) is 3.46. The zero-order valence-electron chi connectivity index (χ0n) is 13.2. The number of hydrogen-bond acceptors (Lipinski definition) is 4. The van der Waals surface area contributed by atoms with Gasteiger partial charge in [0.1, 0.15) is 11.6 Å². The lowest BCUT2D eigenvalue weighted by Gasteiger charge is -2.25. The van der Waals surface area contributed by atoms with Crippen LogP contribution >= 0.6 is 0 Å². The highest BCUT2D eigenvalue weighted by atomic mass is 15.3. The molecule has 23 heavy (non-hydrogen) atoms. The number of aryl methyl sites for hydroxylation is 2. The van der Waals surface area contributed by atoms with E-state index in [1.54, 1.807) is 0 Å². The zero-order valence-corrected chi connectivity index (χ0v) is 13.2. The highest BCUT2D eigenvalue weighted by Gasteiger charge is 2.21. The summed E-state index contributed by atoms with van der Waals surface area (Å²) in [6, 6.07) is 10.8. The number of fused-ring (bicyclic) bond motifs is 1. The van der Waals surface area contributed by atoms with Gasteiger partial charge in [-0.15, -0.1) is 10.2 Å². The number of nitrogens with zero attached hydrogens (tertiary/aromatic N) is 4. The maximum Gasteiger partial charge on any atom is 0.133 e. The highest BCUT2D eigenvalue weighted by Crippen LogP contribution is 2.21. The van der Waals surface area contributed by atoms with Gasteiger partial charge < -0.3 is 9.88 Å². The Morgan fingerprint density at radius 2 is 2.13 bits per heavy atom. The van der Waals surface area contributed by atoms with E-state index in [-0.39, 0.29) is 0 Å². The van der Waals surface area contributed by atoms with Crippen LogP contribution in [0.3, 0.4) is 0 Å². The van der Waals surface area contributed by atoms with Crippen LogP contribution in [0.2, 0.25) is 0 Å². The first kappa shape index (κ1) is 14.1. The molecular weight excluding hydrogens is 288 g/mol. The number of benzene rings is 1. The number of rotatable bonds is 4. The Hall–Kier alpha value is -2.47. The molecule has 0 bridgehead atoms. The molecule has 0 unspecified atom stereocenters. The first-order chi connectivity index (χ1) is 11.3. The van der Waals surface area contributed by atoms with Gasteiger partial charge in [-0.2, -0.15) is 5.10 Å². The van der Waals surface area contributed by atoms with Crippen LogP contribution in [0.4, 0.5) is 0 Å². The van der Waals surface area contributed by atoms with Crippen molar-refractivity contribution < 1.29 is 0 Å². The molecule has 0 saturated carbocycles. The van der Waals surface area contributed by atoms with Gasteiger partial charge in [0.2, 0.25) is 0 Å². The topological polar surface area (TPSA) is 71.4 Å². The van der Waals surface area contributed by atoms with Gasteiger partial charge in [-0.3, -0.25) is 5.10 Å². The van der Waals surface area contributed by atoms with Gasteiger partial charge in [-0.05, 0) is 18.9 Å². The van der Waals surface area contributed by atoms with Crippen LogP contribution in [0.15, 0.2) is 36.5 Å². The SMILES string of the molecule is Cc1nnc2n1C[C@@H](NCc1cn[nH]c1-c1ccccc1)CC2. The molecule has 2 N–H and O–H groups in total. The van der Waals surface area contributed by atoms with Crippen LogP contribution in [0.5, 0.6) is 0 Å². The van der Waals surface area contributed by atoms with E-state index in [0.717, 1.165) is 43.3 Å². The summed E-state index contributed by atoms with van der Waals surface area (Å²) < 4.78 is 2.22. The molecule has 0 saturated heterocycles. The summed E-state index contributed by atoms with van der Waals surface area (Å²) in [7, 11) is 0. The number of nitrogens with one attached hydrogen (secondary N) is 2. The van der Waals surface area contributed by atoms with Gasteiger partial charge in [0.15, 0.2) is 0 Å². The fourth-order valence-corrected chi connectivity index (χ4v) is 3.18. The van der Waals surface area contributed by atoms with Crippen molar-refractivity contribution >= 4 is 0 Å². The molecule has 3 heterocycles. The monoisotopic (exact) mass is 308 g/mol. The summed E-state index contributed by atoms with van der Waals surface area (Å²) in [6.07, 6.45) is 3.99. The van der Waals surface area contributed by atoms with Crippen LogP contribution in [0.25, 0.3) is 11.3 Å². The molecular formula is C17H20N6. The molecule has 6 heteroatoms. The Balaban J connectivity index is 1.45. The normalized spacial score (nSPS) is 17.2. The van der Waals surface area contributed by atoms with Crippen molar-refractivity contribution in [3.8, 4) is 11.3 Å². The van der Waals surface area contributed by atoms with E-state index in [9.17, 15) is 0 Å². The van der Waals surface area contributed by atoms with Crippen molar-refractivity contribution in [2.24, 2.45) is 0 Å². The summed E-state index contributed by atoms with van der Waals surface area (Å²) >= 11 is 0. The quantitative estimate of drug-likeness (QED) is 0.774. The Kier molecular flexibility index (Phi) is 3.67. The van der Waals surface area contributed by atoms with Crippen molar-refractivity contribution in [3.63, 3.8) is 0 Å². The molecule has 1 aromatic carbocycles. The standard InChI is InChI=1S/C17H20N6/c1-12-20-21-16-8-7-15(11-23(12)16)18-9-14-10-19-22-17(14)13-5-3-2-4-6-13/h2-6,10,15,18H,7-9,11H2,1H3,(H,19,22)/t15-/m0/s1. The van der Waals surface area contributed by atoms with Gasteiger partial charge in [-0.25, -0.2) is 0 Å². The molecule has 0 radical (unpaired) electrons. The molecule has 6 nitrogen and oxygen atoms in total. The largest absolute Gasteiger partial charge is 0.314 e. The van der Waals surface area contributed by atoms with Gasteiger partial charge in [0, 0.05) is 31.1 Å². The van der Waals surface area contributed by atoms with Crippen LogP contribution in [0.1, 0.15) is 23.6 Å². The van der Waals surface area contributed by atoms with E-state index in [0.29, 0.717) is 6.04 Å². The molecule has 0 aliphatic carbocycles. The molecule has 0 fully saturated rings. The smallest absolute Gasteiger partial charge is 0.133 e. The van der Waals surface area contributed by atoms with Crippen molar-refractivity contribution in [1.82, 2.24) is 30.3 Å². The predicted octanol–water partition coefficient (Wildman–Crippen LogP) is 2.08. The minimum absolute atomic E-state index is 0.440. The lowest BCUT2D eigenvalue weighted by atomic mass is 10.1. The Bertz CT molecular complexity index is 789. The molecule has 1 aliphatic rings. The summed E-state index contributed by atoms with van der Waals surface area (Å²) in [5.74, 6) is 2.11. The average Bonchev–Trinajstić information content (AvgIpc) is 3.21. The fourth-order valence-electron chi connectivity index (χ4n) is 3.18. The summed E-state index contributed by atoms with van der Waals surface area (Å²) in [4.78, 5) is 0. The zero-order chi connectivity index (χ0) is 15.6. The molecule has 0 spiro atoms. The average molecular weight is 308 g/mol. The van der Waals surface area contributed by atoms with Crippen molar-refractivity contribution in [2.75, 3.05) is 0 Å². The lowest BCUT2D eigenvalue weighted by Crippen LogP contribution is -2.37. The number of H-pyrrole nitrogens is 1. The van der Waals surface area contributed by atoms with E-state index < -0.39 is 0 Å². The van der Waals surface area contributed by atoms with Crippen LogP contribution < -0.4 is 5.32 Å². The Labute approximate surface area is 135 Å². The first-order valence-electron chi connectivity index (χ1n) is 8.01. The Morgan fingerprint density at radius 3 is 3.00 bits per heavy atom.